The number of methoxy groups -OCH3 is 1. The minimum atomic E-state index is -0.422. The van der Waals surface area contributed by atoms with Gasteiger partial charge in [0.25, 0.3) is 0 Å². The maximum absolute atomic E-state index is 13.3. The maximum atomic E-state index is 13.3. The van der Waals surface area contributed by atoms with E-state index in [-0.39, 0.29) is 35.7 Å². The minimum Gasteiger partial charge on any atom is -0.493 e. The van der Waals surface area contributed by atoms with Gasteiger partial charge < -0.3 is 19.7 Å². The van der Waals surface area contributed by atoms with Gasteiger partial charge in [-0.25, -0.2) is 4.39 Å². The van der Waals surface area contributed by atoms with Crippen LogP contribution in [0, 0.1) is 11.7 Å². The molecule has 0 saturated carbocycles. The number of amides is 2. The number of anilines is 1. The van der Waals surface area contributed by atoms with Gasteiger partial charge in [0, 0.05) is 32.4 Å². The number of likely N-dealkylation sites (tertiary alicyclic amines) is 1. The van der Waals surface area contributed by atoms with Crippen molar-refractivity contribution in [3.63, 3.8) is 0 Å². The first-order valence-electron chi connectivity index (χ1n) is 11.6. The minimum absolute atomic E-state index is 0.0472. The molecule has 0 spiro atoms. The highest BCUT2D eigenvalue weighted by Crippen LogP contribution is 2.36. The lowest BCUT2D eigenvalue weighted by molar-refractivity contribution is -0.134. The Morgan fingerprint density at radius 2 is 1.85 bits per heavy atom. The summed E-state index contributed by atoms with van der Waals surface area (Å²) >= 11 is 0. The van der Waals surface area contributed by atoms with Crippen LogP contribution in [0.15, 0.2) is 42.5 Å². The summed E-state index contributed by atoms with van der Waals surface area (Å²) in [4.78, 5) is 38.8. The van der Waals surface area contributed by atoms with E-state index in [4.69, 9.17) is 9.47 Å². The summed E-state index contributed by atoms with van der Waals surface area (Å²) in [6.07, 6.45) is 2.81. The molecule has 1 saturated heterocycles. The second-order valence-electron chi connectivity index (χ2n) is 8.37. The number of nitrogens with zero attached hydrogens (tertiary/aromatic N) is 1. The number of benzene rings is 2. The molecule has 3 rings (SSSR count). The van der Waals surface area contributed by atoms with E-state index in [0.29, 0.717) is 43.8 Å². The van der Waals surface area contributed by atoms with Crippen molar-refractivity contribution >= 4 is 23.5 Å². The average Bonchev–Trinajstić information content (AvgIpc) is 2.84. The highest BCUT2D eigenvalue weighted by molar-refractivity contribution is 5.93. The molecule has 7 nitrogen and oxygen atoms in total. The molecular weight excluding hydrogens is 439 g/mol. The fraction of sp³-hybridized carbons (Fsp3) is 0.423. The Bertz CT molecular complexity index is 1020. The van der Waals surface area contributed by atoms with Crippen molar-refractivity contribution in [1.82, 2.24) is 4.90 Å². The van der Waals surface area contributed by atoms with E-state index >= 15 is 0 Å². The van der Waals surface area contributed by atoms with E-state index < -0.39 is 5.97 Å². The van der Waals surface area contributed by atoms with Crippen molar-refractivity contribution in [2.75, 3.05) is 25.5 Å². The molecule has 1 N–H and O–H groups in total. The van der Waals surface area contributed by atoms with E-state index in [2.05, 4.69) is 5.32 Å². The highest BCUT2D eigenvalue weighted by atomic mass is 19.1. The summed E-state index contributed by atoms with van der Waals surface area (Å²) in [5.74, 6) is -0.139. The quantitative estimate of drug-likeness (QED) is 0.435. The molecule has 1 heterocycles. The first-order valence-corrected chi connectivity index (χ1v) is 11.6. The van der Waals surface area contributed by atoms with Crippen molar-refractivity contribution in [1.29, 1.82) is 0 Å². The number of piperidine rings is 1. The molecule has 0 atom stereocenters. The van der Waals surface area contributed by atoms with Crippen molar-refractivity contribution in [3.05, 3.63) is 53.8 Å². The standard InChI is InChI=1S/C26H31FN2O5/c1-3-25(32)34-26-21(8-5-9-22(26)33-2)28-23(30)17-19-12-14-29(15-13-19)24(31)11-10-18-6-4-7-20(27)16-18/h4-9,16,19H,3,10-15,17H2,1-2H3,(H,28,30). The van der Waals surface area contributed by atoms with Gasteiger partial charge in [0.2, 0.25) is 11.8 Å². The zero-order valence-corrected chi connectivity index (χ0v) is 19.6. The third-order valence-electron chi connectivity index (χ3n) is 5.94. The normalized spacial score (nSPS) is 13.9. The first kappa shape index (κ1) is 25.2. The van der Waals surface area contributed by atoms with E-state index in [1.165, 1.54) is 19.2 Å². The van der Waals surface area contributed by atoms with Crippen LogP contribution < -0.4 is 14.8 Å². The summed E-state index contributed by atoms with van der Waals surface area (Å²) in [7, 11) is 1.47. The highest BCUT2D eigenvalue weighted by Gasteiger charge is 2.25. The van der Waals surface area contributed by atoms with Crippen molar-refractivity contribution in [3.8, 4) is 11.5 Å². The van der Waals surface area contributed by atoms with Gasteiger partial charge in [0.15, 0.2) is 11.5 Å². The number of esters is 1. The maximum Gasteiger partial charge on any atom is 0.311 e. The smallest absolute Gasteiger partial charge is 0.311 e. The van der Waals surface area contributed by atoms with Crippen LogP contribution in [0.25, 0.3) is 0 Å². The van der Waals surface area contributed by atoms with Gasteiger partial charge in [-0.3, -0.25) is 14.4 Å². The SMILES string of the molecule is CCC(=O)Oc1c(NC(=O)CC2CCN(C(=O)CCc3cccc(F)c3)CC2)cccc1OC. The lowest BCUT2D eigenvalue weighted by Crippen LogP contribution is -2.39. The number of rotatable bonds is 9. The molecule has 34 heavy (non-hydrogen) atoms. The van der Waals surface area contributed by atoms with Crippen molar-refractivity contribution in [2.24, 2.45) is 5.92 Å². The number of hydrogen-bond donors (Lipinski definition) is 1. The molecular formula is C26H31FN2O5. The van der Waals surface area contributed by atoms with Crippen LogP contribution in [-0.2, 0) is 20.8 Å². The molecule has 0 aromatic heterocycles. The Kier molecular flexibility index (Phi) is 9.01. The van der Waals surface area contributed by atoms with Crippen LogP contribution in [-0.4, -0.2) is 42.9 Å². The zero-order chi connectivity index (χ0) is 24.5. The number of carbonyl (C=O) groups excluding carboxylic acids is 3. The van der Waals surface area contributed by atoms with Gasteiger partial charge in [-0.2, -0.15) is 0 Å². The van der Waals surface area contributed by atoms with Crippen LogP contribution in [0.2, 0.25) is 0 Å². The molecule has 0 unspecified atom stereocenters. The lowest BCUT2D eigenvalue weighted by Gasteiger charge is -2.32. The molecule has 0 radical (unpaired) electrons. The Balaban J connectivity index is 1.48. The van der Waals surface area contributed by atoms with E-state index in [1.807, 2.05) is 11.0 Å². The van der Waals surface area contributed by atoms with Gasteiger partial charge in [0.1, 0.15) is 5.82 Å². The molecule has 1 aliphatic heterocycles. The average molecular weight is 471 g/mol. The molecule has 8 heteroatoms. The van der Waals surface area contributed by atoms with Crippen molar-refractivity contribution in [2.45, 2.75) is 45.4 Å². The van der Waals surface area contributed by atoms with Gasteiger partial charge in [-0.1, -0.05) is 25.1 Å². The topological polar surface area (TPSA) is 84.9 Å². The largest absolute Gasteiger partial charge is 0.493 e. The number of aryl methyl sites for hydroxylation is 1. The monoisotopic (exact) mass is 470 g/mol. The Labute approximate surface area is 199 Å². The Hall–Kier alpha value is -3.42. The predicted octanol–water partition coefficient (Wildman–Crippen LogP) is 4.35. The Morgan fingerprint density at radius 3 is 2.53 bits per heavy atom. The second-order valence-corrected chi connectivity index (χ2v) is 8.37. The van der Waals surface area contributed by atoms with E-state index in [1.54, 1.807) is 31.2 Å². The summed E-state index contributed by atoms with van der Waals surface area (Å²) in [5, 5.41) is 2.83. The molecule has 0 bridgehead atoms. The number of nitrogens with one attached hydrogen (secondary N) is 1. The van der Waals surface area contributed by atoms with E-state index in [0.717, 1.165) is 18.4 Å². The van der Waals surface area contributed by atoms with Gasteiger partial charge >= 0.3 is 5.97 Å². The number of halogens is 1. The van der Waals surface area contributed by atoms with Gasteiger partial charge in [-0.15, -0.1) is 0 Å². The first-order chi connectivity index (χ1) is 16.4. The number of hydrogen-bond acceptors (Lipinski definition) is 5. The fourth-order valence-corrected chi connectivity index (χ4v) is 4.02. The van der Waals surface area contributed by atoms with Crippen LogP contribution in [0.5, 0.6) is 11.5 Å². The zero-order valence-electron chi connectivity index (χ0n) is 19.6. The lowest BCUT2D eigenvalue weighted by atomic mass is 9.93. The fourth-order valence-electron chi connectivity index (χ4n) is 4.02. The van der Waals surface area contributed by atoms with E-state index in [9.17, 15) is 18.8 Å². The van der Waals surface area contributed by atoms with Crippen LogP contribution in [0.1, 0.15) is 44.6 Å². The van der Waals surface area contributed by atoms with Gasteiger partial charge in [-0.05, 0) is 55.0 Å². The molecule has 182 valence electrons. The summed E-state index contributed by atoms with van der Waals surface area (Å²) < 4.78 is 23.9. The molecule has 2 aromatic rings. The summed E-state index contributed by atoms with van der Waals surface area (Å²) in [5.41, 5.74) is 1.19. The second kappa shape index (κ2) is 12.2. The number of ether oxygens (including phenoxy) is 2. The predicted molar refractivity (Wildman–Crippen MR) is 126 cm³/mol. The third kappa shape index (κ3) is 7.04. The van der Waals surface area contributed by atoms with Crippen LogP contribution in [0.3, 0.4) is 0 Å². The van der Waals surface area contributed by atoms with Crippen molar-refractivity contribution < 1.29 is 28.2 Å². The van der Waals surface area contributed by atoms with Crippen LogP contribution >= 0.6 is 0 Å². The molecule has 2 amide bonds. The molecule has 0 aliphatic carbocycles. The Morgan fingerprint density at radius 1 is 1.12 bits per heavy atom. The van der Waals surface area contributed by atoms with Gasteiger partial charge in [0.05, 0.1) is 12.8 Å². The number of carbonyl (C=O) groups is 3. The third-order valence-corrected chi connectivity index (χ3v) is 5.94. The number of para-hydroxylation sites is 1. The summed E-state index contributed by atoms with van der Waals surface area (Å²) in [6.45, 7) is 2.88. The molecule has 1 aliphatic rings. The van der Waals surface area contributed by atoms with Crippen LogP contribution in [0.4, 0.5) is 10.1 Å². The summed E-state index contributed by atoms with van der Waals surface area (Å²) in [6, 6.07) is 11.3. The molecule has 2 aromatic carbocycles. The molecule has 1 fully saturated rings.